The number of pyridine rings is 2. The van der Waals surface area contributed by atoms with Gasteiger partial charge in [-0.15, -0.1) is 0 Å². The number of hydrogen-bond acceptors (Lipinski definition) is 8. The van der Waals surface area contributed by atoms with Gasteiger partial charge in [-0.1, -0.05) is 29.0 Å². The van der Waals surface area contributed by atoms with Crippen LogP contribution in [0, 0.1) is 6.92 Å². The second-order valence-corrected chi connectivity index (χ2v) is 9.99. The van der Waals surface area contributed by atoms with Crippen molar-refractivity contribution in [3.63, 3.8) is 0 Å². The molecule has 0 saturated heterocycles. The molecule has 0 aliphatic heterocycles. The van der Waals surface area contributed by atoms with Gasteiger partial charge in [-0.2, -0.15) is 0 Å². The highest BCUT2D eigenvalue weighted by Gasteiger charge is 2.11. The van der Waals surface area contributed by atoms with E-state index < -0.39 is 10.0 Å². The Kier molecular flexibility index (Phi) is 5.86. The van der Waals surface area contributed by atoms with Gasteiger partial charge in [0, 0.05) is 25.5 Å². The van der Waals surface area contributed by atoms with Gasteiger partial charge in [0.25, 0.3) is 0 Å². The maximum Gasteiger partial charge on any atom is 0.209 e. The van der Waals surface area contributed by atoms with Crippen molar-refractivity contribution in [2.24, 2.45) is 0 Å². The van der Waals surface area contributed by atoms with Crippen LogP contribution in [0.2, 0.25) is 0 Å². The van der Waals surface area contributed by atoms with Crippen LogP contribution < -0.4 is 14.9 Å². The number of anilines is 4. The standard InChI is InChI=1S/C21H22N6O2S2/c1-14-4-6-16(7-5-14)27(2)19-9-8-17-20(26-19)30-21(24-17)25-18-12-15(10-11-22-18)13-23-31(3,28)29/h4-12,23H,13H2,1-3H3,(H,22,24,25). The smallest absolute Gasteiger partial charge is 0.209 e. The Morgan fingerprint density at radius 2 is 1.84 bits per heavy atom. The summed E-state index contributed by atoms with van der Waals surface area (Å²) in [5, 5.41) is 3.85. The zero-order valence-electron chi connectivity index (χ0n) is 17.3. The summed E-state index contributed by atoms with van der Waals surface area (Å²) in [7, 11) is -1.27. The highest BCUT2D eigenvalue weighted by atomic mass is 32.2. The topological polar surface area (TPSA) is 100 Å². The number of sulfonamides is 1. The zero-order valence-corrected chi connectivity index (χ0v) is 19.0. The predicted molar refractivity (Wildman–Crippen MR) is 126 cm³/mol. The number of thiazole rings is 1. The molecule has 0 amide bonds. The fourth-order valence-electron chi connectivity index (χ4n) is 2.92. The third kappa shape index (κ3) is 5.35. The molecule has 1 aromatic carbocycles. The van der Waals surface area contributed by atoms with Crippen molar-refractivity contribution in [2.75, 3.05) is 23.5 Å². The normalized spacial score (nSPS) is 11.6. The Bertz CT molecular complexity index is 1320. The average Bonchev–Trinajstić information content (AvgIpc) is 3.13. The molecular weight excluding hydrogens is 432 g/mol. The van der Waals surface area contributed by atoms with Gasteiger partial charge in [-0.25, -0.2) is 28.1 Å². The van der Waals surface area contributed by atoms with Crippen molar-refractivity contribution < 1.29 is 8.42 Å². The lowest BCUT2D eigenvalue weighted by Gasteiger charge is -2.18. The van der Waals surface area contributed by atoms with E-state index in [9.17, 15) is 8.42 Å². The highest BCUT2D eigenvalue weighted by molar-refractivity contribution is 7.88. The van der Waals surface area contributed by atoms with Crippen LogP contribution in [-0.4, -0.2) is 36.7 Å². The van der Waals surface area contributed by atoms with E-state index in [-0.39, 0.29) is 6.54 Å². The number of aryl methyl sites for hydroxylation is 1. The molecule has 3 heterocycles. The Hall–Kier alpha value is -3.08. The maximum atomic E-state index is 11.3. The highest BCUT2D eigenvalue weighted by Crippen LogP contribution is 2.30. The Balaban J connectivity index is 1.53. The largest absolute Gasteiger partial charge is 0.329 e. The first-order valence-electron chi connectivity index (χ1n) is 9.51. The molecule has 0 atom stereocenters. The van der Waals surface area contributed by atoms with Crippen LogP contribution in [-0.2, 0) is 16.6 Å². The molecule has 0 unspecified atom stereocenters. The first-order valence-corrected chi connectivity index (χ1v) is 12.2. The van der Waals surface area contributed by atoms with E-state index in [1.165, 1.54) is 16.9 Å². The monoisotopic (exact) mass is 454 g/mol. The second kappa shape index (κ2) is 8.58. The van der Waals surface area contributed by atoms with Crippen LogP contribution in [0.15, 0.2) is 54.7 Å². The first-order chi connectivity index (χ1) is 14.8. The van der Waals surface area contributed by atoms with Crippen LogP contribution in [0.5, 0.6) is 0 Å². The van der Waals surface area contributed by atoms with Gasteiger partial charge in [-0.05, 0) is 48.9 Å². The zero-order chi connectivity index (χ0) is 22.0. The minimum atomic E-state index is -3.26. The summed E-state index contributed by atoms with van der Waals surface area (Å²) in [6.45, 7) is 2.26. The molecule has 4 rings (SSSR count). The van der Waals surface area contributed by atoms with Gasteiger partial charge in [-0.3, -0.25) is 0 Å². The number of aromatic nitrogens is 3. The molecule has 0 spiro atoms. The summed E-state index contributed by atoms with van der Waals surface area (Å²) < 4.78 is 25.1. The predicted octanol–water partition coefficient (Wildman–Crippen LogP) is 3.96. The molecule has 10 heteroatoms. The Morgan fingerprint density at radius 1 is 1.06 bits per heavy atom. The summed E-state index contributed by atoms with van der Waals surface area (Å²) in [4.78, 5) is 16.5. The van der Waals surface area contributed by atoms with Crippen molar-refractivity contribution in [1.82, 2.24) is 19.7 Å². The minimum absolute atomic E-state index is 0.201. The molecule has 0 bridgehead atoms. The SMILES string of the molecule is Cc1ccc(N(C)c2ccc3nc(Nc4cc(CNS(C)(=O)=O)ccn4)sc3n2)cc1. The van der Waals surface area contributed by atoms with Crippen molar-refractivity contribution >= 4 is 54.2 Å². The van der Waals surface area contributed by atoms with E-state index in [1.54, 1.807) is 18.3 Å². The van der Waals surface area contributed by atoms with Crippen molar-refractivity contribution in [1.29, 1.82) is 0 Å². The van der Waals surface area contributed by atoms with Crippen LogP contribution in [0.3, 0.4) is 0 Å². The van der Waals surface area contributed by atoms with Crippen LogP contribution >= 0.6 is 11.3 Å². The number of fused-ring (bicyclic) bond motifs is 1. The summed E-state index contributed by atoms with van der Waals surface area (Å²) >= 11 is 1.43. The molecule has 0 radical (unpaired) electrons. The third-order valence-electron chi connectivity index (χ3n) is 4.60. The molecule has 3 aromatic heterocycles. The molecule has 160 valence electrons. The summed E-state index contributed by atoms with van der Waals surface area (Å²) in [6, 6.07) is 15.7. The first kappa shape index (κ1) is 21.2. The Labute approximate surface area is 185 Å². The number of nitrogens with zero attached hydrogens (tertiary/aromatic N) is 4. The molecular formula is C21H22N6O2S2. The fraction of sp³-hybridized carbons (Fsp3) is 0.190. The maximum absolute atomic E-state index is 11.3. The second-order valence-electron chi connectivity index (χ2n) is 7.17. The molecule has 0 saturated carbocycles. The average molecular weight is 455 g/mol. The summed E-state index contributed by atoms with van der Waals surface area (Å²) in [5.41, 5.74) is 3.86. The van der Waals surface area contributed by atoms with E-state index in [4.69, 9.17) is 4.98 Å². The molecule has 2 N–H and O–H groups in total. The molecule has 4 aromatic rings. The summed E-state index contributed by atoms with van der Waals surface area (Å²) in [5.74, 6) is 1.42. The van der Waals surface area contributed by atoms with Gasteiger partial charge in [0.15, 0.2) is 5.13 Å². The molecule has 8 nitrogen and oxygen atoms in total. The minimum Gasteiger partial charge on any atom is -0.329 e. The van der Waals surface area contributed by atoms with Crippen LogP contribution in [0.1, 0.15) is 11.1 Å². The molecule has 31 heavy (non-hydrogen) atoms. The number of hydrogen-bond donors (Lipinski definition) is 2. The third-order valence-corrected chi connectivity index (χ3v) is 6.15. The molecule has 0 aliphatic carbocycles. The van der Waals surface area contributed by atoms with E-state index >= 15 is 0 Å². The van der Waals surface area contributed by atoms with Crippen LogP contribution in [0.4, 0.5) is 22.5 Å². The Morgan fingerprint density at radius 3 is 2.58 bits per heavy atom. The van der Waals surface area contributed by atoms with E-state index in [0.717, 1.165) is 33.7 Å². The number of benzene rings is 1. The quantitative estimate of drug-likeness (QED) is 0.436. The van der Waals surface area contributed by atoms with Gasteiger partial charge in [0.1, 0.15) is 22.0 Å². The fourth-order valence-corrected chi connectivity index (χ4v) is 4.19. The van der Waals surface area contributed by atoms with Gasteiger partial charge in [0.2, 0.25) is 10.0 Å². The number of nitrogens with one attached hydrogen (secondary N) is 2. The van der Waals surface area contributed by atoms with Crippen molar-refractivity contribution in [3.8, 4) is 0 Å². The van der Waals surface area contributed by atoms with Crippen LogP contribution in [0.25, 0.3) is 10.3 Å². The van der Waals surface area contributed by atoms with Gasteiger partial charge < -0.3 is 10.2 Å². The van der Waals surface area contributed by atoms with E-state index in [0.29, 0.717) is 10.9 Å². The van der Waals surface area contributed by atoms with E-state index in [2.05, 4.69) is 51.2 Å². The van der Waals surface area contributed by atoms with Gasteiger partial charge in [0.05, 0.1) is 6.26 Å². The summed E-state index contributed by atoms with van der Waals surface area (Å²) in [6.07, 6.45) is 2.76. The lowest BCUT2D eigenvalue weighted by atomic mass is 10.2. The van der Waals surface area contributed by atoms with E-state index in [1.807, 2.05) is 24.1 Å². The lowest BCUT2D eigenvalue weighted by Crippen LogP contribution is -2.21. The number of rotatable bonds is 7. The molecule has 0 aliphatic rings. The van der Waals surface area contributed by atoms with Gasteiger partial charge >= 0.3 is 0 Å². The lowest BCUT2D eigenvalue weighted by molar-refractivity contribution is 0.587. The van der Waals surface area contributed by atoms with Crippen molar-refractivity contribution in [2.45, 2.75) is 13.5 Å². The van der Waals surface area contributed by atoms with Crippen molar-refractivity contribution in [3.05, 3.63) is 65.9 Å². The molecule has 0 fully saturated rings.